The first-order chi connectivity index (χ1) is 16.4. The zero-order chi connectivity index (χ0) is 24.0. The molecule has 0 amide bonds. The van der Waals surface area contributed by atoms with Crippen molar-refractivity contribution in [2.45, 2.75) is 12.5 Å². The second kappa shape index (κ2) is 8.34. The van der Waals surface area contributed by atoms with Gasteiger partial charge in [0.05, 0.1) is 24.8 Å². The molecule has 0 aliphatic carbocycles. The van der Waals surface area contributed by atoms with Gasteiger partial charge in [0, 0.05) is 25.9 Å². The SMILES string of the molecule is COc1ccc(C2=NN(c3nc(-c4c(N)n(C)c(=O)n(C)c4=O)cs3)C(c3ccco3)C2)cc1. The molecule has 2 N–H and O–H groups in total. The first-order valence-electron chi connectivity index (χ1n) is 10.4. The standard InChI is InChI=1S/C23H22N6O4S/c1-27-20(24)19(21(30)28(2)23(27)31)16-12-34-22(25-16)29-17(18-5-4-10-33-18)11-15(26-29)13-6-8-14(32-3)9-7-13/h4-10,12,17H,11,24H2,1-3H3. The summed E-state index contributed by atoms with van der Waals surface area (Å²) in [6.07, 6.45) is 2.24. The number of nitrogen functional groups attached to an aromatic ring is 1. The van der Waals surface area contributed by atoms with Gasteiger partial charge in [0.1, 0.15) is 28.9 Å². The molecule has 34 heavy (non-hydrogen) atoms. The molecule has 3 aromatic heterocycles. The summed E-state index contributed by atoms with van der Waals surface area (Å²) >= 11 is 1.33. The number of thiazole rings is 1. The molecule has 0 spiro atoms. The van der Waals surface area contributed by atoms with Crippen molar-refractivity contribution in [1.82, 2.24) is 14.1 Å². The number of rotatable bonds is 5. The summed E-state index contributed by atoms with van der Waals surface area (Å²) < 4.78 is 13.2. The Hall–Kier alpha value is -4.12. The molecular weight excluding hydrogens is 456 g/mol. The summed E-state index contributed by atoms with van der Waals surface area (Å²) in [5.41, 5.74) is 7.54. The fraction of sp³-hybridized carbons (Fsp3) is 0.217. The third-order valence-corrected chi connectivity index (χ3v) is 6.69. The van der Waals surface area contributed by atoms with E-state index in [1.165, 1.54) is 30.0 Å². The van der Waals surface area contributed by atoms with Crippen LogP contribution in [-0.2, 0) is 14.1 Å². The molecule has 5 rings (SSSR count). The second-order valence-corrected chi connectivity index (χ2v) is 8.67. The summed E-state index contributed by atoms with van der Waals surface area (Å²) in [7, 11) is 4.56. The van der Waals surface area contributed by atoms with Gasteiger partial charge in [-0.15, -0.1) is 11.3 Å². The fourth-order valence-corrected chi connectivity index (χ4v) is 4.75. The van der Waals surface area contributed by atoms with E-state index in [4.69, 9.17) is 20.0 Å². The highest BCUT2D eigenvalue weighted by molar-refractivity contribution is 7.14. The topological polar surface area (TPSA) is 121 Å². The van der Waals surface area contributed by atoms with Gasteiger partial charge in [-0.2, -0.15) is 5.10 Å². The molecule has 10 nitrogen and oxygen atoms in total. The van der Waals surface area contributed by atoms with Crippen molar-refractivity contribution in [2.75, 3.05) is 17.9 Å². The predicted octanol–water partition coefficient (Wildman–Crippen LogP) is 2.75. The molecule has 1 aliphatic rings. The Labute approximate surface area is 198 Å². The van der Waals surface area contributed by atoms with Crippen LogP contribution < -0.4 is 26.7 Å². The molecule has 11 heteroatoms. The van der Waals surface area contributed by atoms with Crippen molar-refractivity contribution in [3.8, 4) is 17.0 Å². The van der Waals surface area contributed by atoms with Crippen LogP contribution in [0.3, 0.4) is 0 Å². The second-order valence-electron chi connectivity index (χ2n) is 7.84. The zero-order valence-electron chi connectivity index (χ0n) is 18.8. The number of methoxy groups -OCH3 is 1. The number of nitrogens with zero attached hydrogens (tertiary/aromatic N) is 5. The molecule has 0 saturated heterocycles. The fourth-order valence-electron chi connectivity index (χ4n) is 3.93. The maximum Gasteiger partial charge on any atom is 0.332 e. The van der Waals surface area contributed by atoms with Crippen LogP contribution in [0.2, 0.25) is 0 Å². The summed E-state index contributed by atoms with van der Waals surface area (Å²) in [4.78, 5) is 29.7. The molecule has 4 heterocycles. The molecule has 0 radical (unpaired) electrons. The van der Waals surface area contributed by atoms with E-state index in [1.54, 1.807) is 23.8 Å². The molecule has 1 aliphatic heterocycles. The third kappa shape index (κ3) is 3.50. The van der Waals surface area contributed by atoms with Gasteiger partial charge in [-0.1, -0.05) is 0 Å². The van der Waals surface area contributed by atoms with Crippen molar-refractivity contribution in [2.24, 2.45) is 19.2 Å². The molecule has 4 aromatic rings. The van der Waals surface area contributed by atoms with Gasteiger partial charge in [0.15, 0.2) is 0 Å². The normalized spacial score (nSPS) is 15.6. The van der Waals surface area contributed by atoms with E-state index in [1.807, 2.05) is 36.4 Å². The molecule has 0 saturated carbocycles. The molecular formula is C23H22N6O4S. The third-order valence-electron chi connectivity index (χ3n) is 5.86. The first-order valence-corrected chi connectivity index (χ1v) is 11.3. The van der Waals surface area contributed by atoms with Gasteiger partial charge in [-0.05, 0) is 42.0 Å². The van der Waals surface area contributed by atoms with Crippen molar-refractivity contribution < 1.29 is 9.15 Å². The zero-order valence-corrected chi connectivity index (χ0v) is 19.6. The summed E-state index contributed by atoms with van der Waals surface area (Å²) in [6, 6.07) is 11.2. The van der Waals surface area contributed by atoms with E-state index in [0.717, 1.165) is 27.4 Å². The number of ether oxygens (including phenoxy) is 1. The Bertz CT molecular complexity index is 1500. The van der Waals surface area contributed by atoms with E-state index in [9.17, 15) is 9.59 Å². The lowest BCUT2D eigenvalue weighted by atomic mass is 10.0. The number of anilines is 2. The number of hydrazone groups is 1. The van der Waals surface area contributed by atoms with Gasteiger partial charge in [-0.25, -0.2) is 14.8 Å². The molecule has 1 aromatic carbocycles. The minimum absolute atomic E-state index is 0.0661. The molecule has 1 atom stereocenters. The lowest BCUT2D eigenvalue weighted by Gasteiger charge is -2.18. The Morgan fingerprint density at radius 1 is 1.15 bits per heavy atom. The predicted molar refractivity (Wildman–Crippen MR) is 131 cm³/mol. The van der Waals surface area contributed by atoms with Gasteiger partial charge < -0.3 is 14.9 Å². The van der Waals surface area contributed by atoms with Crippen molar-refractivity contribution >= 4 is 28.0 Å². The van der Waals surface area contributed by atoms with Crippen LogP contribution in [0.4, 0.5) is 10.9 Å². The van der Waals surface area contributed by atoms with E-state index < -0.39 is 11.2 Å². The summed E-state index contributed by atoms with van der Waals surface area (Å²) in [5.74, 6) is 1.58. The lowest BCUT2D eigenvalue weighted by molar-refractivity contribution is 0.415. The maximum absolute atomic E-state index is 12.8. The van der Waals surface area contributed by atoms with Crippen LogP contribution in [0, 0.1) is 0 Å². The van der Waals surface area contributed by atoms with Crippen LogP contribution in [0.25, 0.3) is 11.3 Å². The average Bonchev–Trinajstić information content (AvgIpc) is 3.62. The summed E-state index contributed by atoms with van der Waals surface area (Å²) in [5, 5.41) is 8.97. The minimum atomic E-state index is -0.496. The Kier molecular flexibility index (Phi) is 5.33. The molecule has 1 unspecified atom stereocenters. The van der Waals surface area contributed by atoms with E-state index in [2.05, 4.69) is 4.98 Å². The van der Waals surface area contributed by atoms with Gasteiger partial charge >= 0.3 is 5.69 Å². The number of hydrogen-bond donors (Lipinski definition) is 1. The lowest BCUT2D eigenvalue weighted by Crippen LogP contribution is -2.39. The van der Waals surface area contributed by atoms with Crippen molar-refractivity contribution in [1.29, 1.82) is 0 Å². The number of furan rings is 1. The summed E-state index contributed by atoms with van der Waals surface area (Å²) in [6.45, 7) is 0. The highest BCUT2D eigenvalue weighted by Gasteiger charge is 2.34. The maximum atomic E-state index is 12.8. The van der Waals surface area contributed by atoms with Crippen LogP contribution in [0.1, 0.15) is 23.8 Å². The van der Waals surface area contributed by atoms with E-state index >= 15 is 0 Å². The van der Waals surface area contributed by atoms with Crippen LogP contribution in [0.15, 0.2) is 67.1 Å². The Morgan fingerprint density at radius 3 is 2.59 bits per heavy atom. The minimum Gasteiger partial charge on any atom is -0.497 e. The smallest absolute Gasteiger partial charge is 0.332 e. The largest absolute Gasteiger partial charge is 0.497 e. The van der Waals surface area contributed by atoms with Gasteiger partial charge in [0.25, 0.3) is 5.56 Å². The highest BCUT2D eigenvalue weighted by atomic mass is 32.1. The quantitative estimate of drug-likeness (QED) is 0.468. The van der Waals surface area contributed by atoms with E-state index in [-0.39, 0.29) is 17.4 Å². The number of benzene rings is 1. The number of hydrogen-bond acceptors (Lipinski definition) is 9. The number of aromatic nitrogens is 3. The van der Waals surface area contributed by atoms with E-state index in [0.29, 0.717) is 17.2 Å². The Morgan fingerprint density at radius 2 is 1.91 bits per heavy atom. The van der Waals surface area contributed by atoms with Crippen molar-refractivity contribution in [3.05, 3.63) is 80.2 Å². The van der Waals surface area contributed by atoms with Crippen LogP contribution >= 0.6 is 11.3 Å². The molecule has 174 valence electrons. The van der Waals surface area contributed by atoms with Crippen molar-refractivity contribution in [3.63, 3.8) is 0 Å². The molecule has 0 fully saturated rings. The number of nitrogens with two attached hydrogens (primary N) is 1. The Balaban J connectivity index is 1.57. The molecule has 0 bridgehead atoms. The van der Waals surface area contributed by atoms with Gasteiger partial charge in [0.2, 0.25) is 5.13 Å². The first kappa shape index (κ1) is 21.7. The van der Waals surface area contributed by atoms with Gasteiger partial charge in [-0.3, -0.25) is 13.9 Å². The average molecular weight is 479 g/mol. The monoisotopic (exact) mass is 478 g/mol. The van der Waals surface area contributed by atoms with Crippen LogP contribution in [-0.4, -0.2) is 26.9 Å². The van der Waals surface area contributed by atoms with Crippen LogP contribution in [0.5, 0.6) is 5.75 Å². The highest BCUT2D eigenvalue weighted by Crippen LogP contribution is 2.39.